The van der Waals surface area contributed by atoms with Gasteiger partial charge >= 0.3 is 0 Å². The molecule has 2 unspecified atom stereocenters. The zero-order chi connectivity index (χ0) is 19.5. The molecule has 0 bridgehead atoms. The first-order valence-electron chi connectivity index (χ1n) is 10.1. The average molecular weight is 374 g/mol. The van der Waals surface area contributed by atoms with Crippen molar-refractivity contribution in [3.8, 4) is 11.1 Å². The molecule has 0 aromatic heterocycles. The molecule has 1 N–H and O–H groups in total. The molecule has 28 heavy (non-hydrogen) atoms. The van der Waals surface area contributed by atoms with Crippen molar-refractivity contribution in [1.29, 1.82) is 0 Å². The summed E-state index contributed by atoms with van der Waals surface area (Å²) in [4.78, 5) is 26.5. The number of likely N-dealkylation sites (tertiary alicyclic amines) is 1. The summed E-state index contributed by atoms with van der Waals surface area (Å²) in [5, 5.41) is 3.26. The molecule has 1 heterocycles. The number of carbonyl (C=O) groups is 2. The van der Waals surface area contributed by atoms with E-state index in [0.29, 0.717) is 13.1 Å². The third-order valence-electron chi connectivity index (χ3n) is 5.93. The monoisotopic (exact) mass is 374 g/mol. The summed E-state index contributed by atoms with van der Waals surface area (Å²) in [6.07, 6.45) is 4.94. The number of piperidine rings is 1. The molecule has 1 aliphatic carbocycles. The summed E-state index contributed by atoms with van der Waals surface area (Å²) in [6.45, 7) is 4.75. The molecule has 4 rings (SSSR count). The van der Waals surface area contributed by atoms with Crippen molar-refractivity contribution in [3.63, 3.8) is 0 Å². The highest BCUT2D eigenvalue weighted by Gasteiger charge is 2.31. The SMILES string of the molecule is C=CC(=O)N1CCCC(C(=O)NC2CCc3ccc(-c4ccccc4)cc32)C1. The molecule has 2 aromatic rings. The summed E-state index contributed by atoms with van der Waals surface area (Å²) in [5.74, 6) is -0.167. The van der Waals surface area contributed by atoms with Crippen molar-refractivity contribution in [2.75, 3.05) is 13.1 Å². The van der Waals surface area contributed by atoms with Gasteiger partial charge in [0.1, 0.15) is 0 Å². The zero-order valence-corrected chi connectivity index (χ0v) is 16.1. The van der Waals surface area contributed by atoms with Gasteiger partial charge in [-0.05, 0) is 60.1 Å². The Morgan fingerprint density at radius 2 is 1.89 bits per heavy atom. The predicted octanol–water partition coefficient (Wildman–Crippen LogP) is 3.88. The first kappa shape index (κ1) is 18.5. The van der Waals surface area contributed by atoms with Crippen LogP contribution < -0.4 is 5.32 Å². The van der Waals surface area contributed by atoms with Crippen LogP contribution in [0.25, 0.3) is 11.1 Å². The number of carbonyl (C=O) groups excluding carboxylic acids is 2. The average Bonchev–Trinajstić information content (AvgIpc) is 3.15. The highest BCUT2D eigenvalue weighted by molar-refractivity contribution is 5.88. The lowest BCUT2D eigenvalue weighted by molar-refractivity contribution is -0.132. The standard InChI is InChI=1S/C24H26N2O2/c1-2-23(27)26-14-6-9-20(16-26)24(28)25-22-13-12-18-10-11-19(15-21(18)22)17-7-4-3-5-8-17/h2-5,7-8,10-11,15,20,22H,1,6,9,12-14,16H2,(H,25,28). The van der Waals surface area contributed by atoms with Gasteiger partial charge in [0.05, 0.1) is 12.0 Å². The van der Waals surface area contributed by atoms with Gasteiger partial charge in [0.2, 0.25) is 11.8 Å². The van der Waals surface area contributed by atoms with Gasteiger partial charge in [-0.2, -0.15) is 0 Å². The van der Waals surface area contributed by atoms with Crippen LogP contribution in [-0.2, 0) is 16.0 Å². The zero-order valence-electron chi connectivity index (χ0n) is 16.1. The number of hydrogen-bond donors (Lipinski definition) is 1. The lowest BCUT2D eigenvalue weighted by Gasteiger charge is -2.32. The van der Waals surface area contributed by atoms with Crippen LogP contribution in [0.5, 0.6) is 0 Å². The van der Waals surface area contributed by atoms with Gasteiger partial charge in [-0.1, -0.05) is 49.0 Å². The molecule has 144 valence electrons. The Morgan fingerprint density at radius 3 is 2.68 bits per heavy atom. The molecular weight excluding hydrogens is 348 g/mol. The van der Waals surface area contributed by atoms with Crippen LogP contribution in [0, 0.1) is 5.92 Å². The van der Waals surface area contributed by atoms with Crippen LogP contribution in [0.4, 0.5) is 0 Å². The number of benzene rings is 2. The molecule has 1 saturated heterocycles. The molecule has 1 fully saturated rings. The van der Waals surface area contributed by atoms with Crippen molar-refractivity contribution in [3.05, 3.63) is 72.3 Å². The van der Waals surface area contributed by atoms with E-state index in [1.54, 1.807) is 4.90 Å². The van der Waals surface area contributed by atoms with Crippen LogP contribution in [-0.4, -0.2) is 29.8 Å². The lowest BCUT2D eigenvalue weighted by Crippen LogP contribution is -2.45. The van der Waals surface area contributed by atoms with Crippen molar-refractivity contribution in [1.82, 2.24) is 10.2 Å². The van der Waals surface area contributed by atoms with E-state index in [1.807, 2.05) is 18.2 Å². The van der Waals surface area contributed by atoms with Gasteiger partial charge in [-0.25, -0.2) is 0 Å². The molecule has 0 spiro atoms. The topological polar surface area (TPSA) is 49.4 Å². The van der Waals surface area contributed by atoms with Crippen molar-refractivity contribution in [2.45, 2.75) is 31.7 Å². The first-order valence-corrected chi connectivity index (χ1v) is 10.1. The van der Waals surface area contributed by atoms with Gasteiger partial charge in [-0.3, -0.25) is 9.59 Å². The van der Waals surface area contributed by atoms with Gasteiger partial charge < -0.3 is 10.2 Å². The van der Waals surface area contributed by atoms with Gasteiger partial charge in [-0.15, -0.1) is 0 Å². The normalized spacial score (nSPS) is 21.1. The van der Waals surface area contributed by atoms with E-state index >= 15 is 0 Å². The summed E-state index contributed by atoms with van der Waals surface area (Å²) in [6, 6.07) is 16.9. The Morgan fingerprint density at radius 1 is 1.07 bits per heavy atom. The number of aryl methyl sites for hydroxylation is 1. The highest BCUT2D eigenvalue weighted by Crippen LogP contribution is 2.35. The molecule has 2 atom stereocenters. The minimum atomic E-state index is -0.140. The molecule has 4 heteroatoms. The smallest absolute Gasteiger partial charge is 0.245 e. The Hall–Kier alpha value is -2.88. The lowest BCUT2D eigenvalue weighted by atomic mass is 9.95. The second-order valence-corrected chi connectivity index (χ2v) is 7.71. The number of nitrogens with zero attached hydrogens (tertiary/aromatic N) is 1. The maximum atomic E-state index is 12.9. The fourth-order valence-electron chi connectivity index (χ4n) is 4.37. The molecule has 2 aromatic carbocycles. The minimum absolute atomic E-state index is 0.0524. The molecule has 0 radical (unpaired) electrons. The summed E-state index contributed by atoms with van der Waals surface area (Å²) in [7, 11) is 0. The van der Waals surface area contributed by atoms with E-state index in [1.165, 1.54) is 28.3 Å². The highest BCUT2D eigenvalue weighted by atomic mass is 16.2. The number of nitrogens with one attached hydrogen (secondary N) is 1. The fraction of sp³-hybridized carbons (Fsp3) is 0.333. The van der Waals surface area contributed by atoms with E-state index in [2.05, 4.69) is 42.2 Å². The Kier molecular flexibility index (Phi) is 5.29. The molecule has 2 aliphatic rings. The Bertz CT molecular complexity index is 891. The summed E-state index contributed by atoms with van der Waals surface area (Å²) < 4.78 is 0. The van der Waals surface area contributed by atoms with Gasteiger partial charge in [0.25, 0.3) is 0 Å². The molecule has 2 amide bonds. The fourth-order valence-corrected chi connectivity index (χ4v) is 4.37. The van der Waals surface area contributed by atoms with Gasteiger partial charge in [0, 0.05) is 13.1 Å². The maximum absolute atomic E-state index is 12.9. The molecular formula is C24H26N2O2. The van der Waals surface area contributed by atoms with E-state index in [-0.39, 0.29) is 23.8 Å². The van der Waals surface area contributed by atoms with Crippen LogP contribution in [0.2, 0.25) is 0 Å². The maximum Gasteiger partial charge on any atom is 0.245 e. The van der Waals surface area contributed by atoms with Crippen molar-refractivity contribution in [2.24, 2.45) is 5.92 Å². The minimum Gasteiger partial charge on any atom is -0.349 e. The Balaban J connectivity index is 1.48. The van der Waals surface area contributed by atoms with Crippen molar-refractivity contribution < 1.29 is 9.59 Å². The molecule has 1 aliphatic heterocycles. The van der Waals surface area contributed by atoms with E-state index in [4.69, 9.17) is 0 Å². The van der Waals surface area contributed by atoms with E-state index in [0.717, 1.165) is 25.7 Å². The largest absolute Gasteiger partial charge is 0.349 e. The second-order valence-electron chi connectivity index (χ2n) is 7.71. The molecule has 0 saturated carbocycles. The van der Waals surface area contributed by atoms with Crippen LogP contribution in [0.1, 0.15) is 36.4 Å². The Labute approximate surface area is 166 Å². The van der Waals surface area contributed by atoms with Crippen LogP contribution >= 0.6 is 0 Å². The number of amides is 2. The summed E-state index contributed by atoms with van der Waals surface area (Å²) in [5.41, 5.74) is 4.91. The van der Waals surface area contributed by atoms with Crippen LogP contribution in [0.3, 0.4) is 0 Å². The van der Waals surface area contributed by atoms with E-state index < -0.39 is 0 Å². The van der Waals surface area contributed by atoms with Gasteiger partial charge in [0.15, 0.2) is 0 Å². The summed E-state index contributed by atoms with van der Waals surface area (Å²) >= 11 is 0. The quantitative estimate of drug-likeness (QED) is 0.826. The van der Waals surface area contributed by atoms with Crippen LogP contribution in [0.15, 0.2) is 61.2 Å². The van der Waals surface area contributed by atoms with E-state index in [9.17, 15) is 9.59 Å². The second kappa shape index (κ2) is 8.01. The number of fused-ring (bicyclic) bond motifs is 1. The number of hydrogen-bond acceptors (Lipinski definition) is 2. The third-order valence-corrected chi connectivity index (χ3v) is 5.93. The predicted molar refractivity (Wildman–Crippen MR) is 111 cm³/mol. The van der Waals surface area contributed by atoms with Crippen molar-refractivity contribution >= 4 is 11.8 Å². The first-order chi connectivity index (χ1) is 13.7. The molecule has 4 nitrogen and oxygen atoms in total. The number of rotatable bonds is 4. The third kappa shape index (κ3) is 3.72.